The van der Waals surface area contributed by atoms with Gasteiger partial charge in [-0.1, -0.05) is 32.0 Å². The molecule has 0 aliphatic carbocycles. The second kappa shape index (κ2) is 9.82. The lowest BCUT2D eigenvalue weighted by Gasteiger charge is -2.13. The predicted molar refractivity (Wildman–Crippen MR) is 84.7 cm³/mol. The smallest absolute Gasteiger partial charge is 0.303 e. The molecule has 0 saturated heterocycles. The molecule has 0 aromatic heterocycles. The first-order chi connectivity index (χ1) is 10.5. The summed E-state index contributed by atoms with van der Waals surface area (Å²) in [7, 11) is 0. The molecule has 0 aliphatic heterocycles. The summed E-state index contributed by atoms with van der Waals surface area (Å²) < 4.78 is 5.74. The number of hydrogen-bond donors (Lipinski definition) is 2. The number of rotatable bonds is 10. The van der Waals surface area contributed by atoms with E-state index in [0.29, 0.717) is 38.3 Å². The quantitative estimate of drug-likeness (QED) is 0.652. The van der Waals surface area contributed by atoms with E-state index in [0.717, 1.165) is 11.3 Å². The van der Waals surface area contributed by atoms with Gasteiger partial charge in [-0.2, -0.15) is 0 Å². The van der Waals surface area contributed by atoms with Gasteiger partial charge in [0, 0.05) is 24.9 Å². The Morgan fingerprint density at radius 1 is 1.18 bits per heavy atom. The third-order valence-electron chi connectivity index (χ3n) is 3.07. The lowest BCUT2D eigenvalue weighted by Crippen LogP contribution is -2.23. The second-order valence-electron chi connectivity index (χ2n) is 5.69. The van der Waals surface area contributed by atoms with Crippen molar-refractivity contribution in [3.8, 4) is 5.75 Å². The van der Waals surface area contributed by atoms with Gasteiger partial charge in [-0.15, -0.1) is 0 Å². The Hall–Kier alpha value is -2.04. The summed E-state index contributed by atoms with van der Waals surface area (Å²) in [6, 6.07) is 7.65. The van der Waals surface area contributed by atoms with Crippen LogP contribution < -0.4 is 10.1 Å². The van der Waals surface area contributed by atoms with E-state index in [-0.39, 0.29) is 12.3 Å². The van der Waals surface area contributed by atoms with Crippen molar-refractivity contribution in [3.63, 3.8) is 0 Å². The molecular formula is C17H25NO4. The van der Waals surface area contributed by atoms with E-state index < -0.39 is 5.97 Å². The molecule has 22 heavy (non-hydrogen) atoms. The van der Waals surface area contributed by atoms with Crippen LogP contribution >= 0.6 is 0 Å². The van der Waals surface area contributed by atoms with Gasteiger partial charge >= 0.3 is 5.97 Å². The molecule has 0 fully saturated rings. The second-order valence-corrected chi connectivity index (χ2v) is 5.69. The SMILES string of the molecule is CC(C)COc1ccccc1CNC(=O)CCCCC(=O)O. The van der Waals surface area contributed by atoms with Gasteiger partial charge in [-0.05, 0) is 24.8 Å². The van der Waals surface area contributed by atoms with Crippen LogP contribution in [0, 0.1) is 5.92 Å². The van der Waals surface area contributed by atoms with Crippen molar-refractivity contribution < 1.29 is 19.4 Å². The van der Waals surface area contributed by atoms with Crippen molar-refractivity contribution in [2.24, 2.45) is 5.92 Å². The fourth-order valence-corrected chi connectivity index (χ4v) is 1.89. The summed E-state index contributed by atoms with van der Waals surface area (Å²) in [6.07, 6.45) is 1.57. The first kappa shape index (κ1) is 18.0. The van der Waals surface area contributed by atoms with Crippen LogP contribution in [-0.4, -0.2) is 23.6 Å². The van der Waals surface area contributed by atoms with E-state index in [1.165, 1.54) is 0 Å². The Bertz CT molecular complexity index is 485. The monoisotopic (exact) mass is 307 g/mol. The number of aliphatic carboxylic acids is 1. The minimum Gasteiger partial charge on any atom is -0.493 e. The van der Waals surface area contributed by atoms with Crippen LogP contribution in [0.2, 0.25) is 0 Å². The van der Waals surface area contributed by atoms with Crippen LogP contribution in [0.25, 0.3) is 0 Å². The Morgan fingerprint density at radius 3 is 2.55 bits per heavy atom. The molecule has 1 rings (SSSR count). The topological polar surface area (TPSA) is 75.6 Å². The summed E-state index contributed by atoms with van der Waals surface area (Å²) in [5.74, 6) is 0.347. The van der Waals surface area contributed by atoms with Gasteiger partial charge < -0.3 is 15.2 Å². The normalized spacial score (nSPS) is 10.5. The molecule has 122 valence electrons. The van der Waals surface area contributed by atoms with Crippen molar-refractivity contribution in [2.75, 3.05) is 6.61 Å². The fourth-order valence-electron chi connectivity index (χ4n) is 1.89. The van der Waals surface area contributed by atoms with Gasteiger partial charge in [-0.3, -0.25) is 9.59 Å². The number of unbranched alkanes of at least 4 members (excludes halogenated alkanes) is 1. The molecule has 0 heterocycles. The zero-order valence-electron chi connectivity index (χ0n) is 13.3. The van der Waals surface area contributed by atoms with E-state index >= 15 is 0 Å². The average molecular weight is 307 g/mol. The number of nitrogens with one attached hydrogen (secondary N) is 1. The minimum absolute atomic E-state index is 0.0657. The molecule has 0 spiro atoms. The molecule has 1 aromatic carbocycles. The van der Waals surface area contributed by atoms with Crippen LogP contribution in [-0.2, 0) is 16.1 Å². The predicted octanol–water partition coefficient (Wildman–Crippen LogP) is 2.98. The molecule has 0 aliphatic rings. The first-order valence-corrected chi connectivity index (χ1v) is 7.68. The largest absolute Gasteiger partial charge is 0.493 e. The number of carbonyl (C=O) groups is 2. The van der Waals surface area contributed by atoms with Crippen molar-refractivity contribution in [3.05, 3.63) is 29.8 Å². The molecule has 5 nitrogen and oxygen atoms in total. The van der Waals surface area contributed by atoms with Crippen molar-refractivity contribution >= 4 is 11.9 Å². The van der Waals surface area contributed by atoms with Gasteiger partial charge in [0.2, 0.25) is 5.91 Å². The Morgan fingerprint density at radius 2 is 1.86 bits per heavy atom. The van der Waals surface area contributed by atoms with Crippen LogP contribution in [0.15, 0.2) is 24.3 Å². The third kappa shape index (κ3) is 7.67. The highest BCUT2D eigenvalue weighted by Crippen LogP contribution is 2.18. The Labute approximate surface area is 131 Å². The average Bonchev–Trinajstić information content (AvgIpc) is 2.48. The molecule has 0 radical (unpaired) electrons. The van der Waals surface area contributed by atoms with E-state index in [1.54, 1.807) is 0 Å². The first-order valence-electron chi connectivity index (χ1n) is 7.68. The van der Waals surface area contributed by atoms with Gasteiger partial charge in [-0.25, -0.2) is 0 Å². The molecule has 1 amide bonds. The molecule has 5 heteroatoms. The van der Waals surface area contributed by atoms with Crippen molar-refractivity contribution in [1.29, 1.82) is 0 Å². The third-order valence-corrected chi connectivity index (χ3v) is 3.07. The highest BCUT2D eigenvalue weighted by Gasteiger charge is 2.07. The molecule has 0 bridgehead atoms. The summed E-state index contributed by atoms with van der Waals surface area (Å²) >= 11 is 0. The Kier molecular flexibility index (Phi) is 8.04. The number of carbonyl (C=O) groups excluding carboxylic acids is 1. The summed E-state index contributed by atoms with van der Waals surface area (Å²) in [5, 5.41) is 11.4. The van der Waals surface area contributed by atoms with Crippen LogP contribution in [0.3, 0.4) is 0 Å². The zero-order valence-corrected chi connectivity index (χ0v) is 13.3. The lowest BCUT2D eigenvalue weighted by atomic mass is 10.1. The van der Waals surface area contributed by atoms with Gasteiger partial charge in [0.05, 0.1) is 6.61 Å². The lowest BCUT2D eigenvalue weighted by molar-refractivity contribution is -0.137. The maximum atomic E-state index is 11.7. The van der Waals surface area contributed by atoms with Gasteiger partial charge in [0.25, 0.3) is 0 Å². The van der Waals surface area contributed by atoms with Gasteiger partial charge in [0.1, 0.15) is 5.75 Å². The maximum absolute atomic E-state index is 11.7. The highest BCUT2D eigenvalue weighted by atomic mass is 16.5. The summed E-state index contributed by atoms with van der Waals surface area (Å²) in [5.41, 5.74) is 0.946. The molecule has 1 aromatic rings. The van der Waals surface area contributed by atoms with Crippen molar-refractivity contribution in [2.45, 2.75) is 46.1 Å². The van der Waals surface area contributed by atoms with Crippen LogP contribution in [0.5, 0.6) is 5.75 Å². The minimum atomic E-state index is -0.823. The standard InChI is InChI=1S/C17H25NO4/c1-13(2)12-22-15-8-4-3-7-14(15)11-18-16(19)9-5-6-10-17(20)21/h3-4,7-8,13H,5-6,9-12H2,1-2H3,(H,18,19)(H,20,21). The fraction of sp³-hybridized carbons (Fsp3) is 0.529. The number of carboxylic acid groups (broad SMARTS) is 1. The highest BCUT2D eigenvalue weighted by molar-refractivity contribution is 5.76. The van der Waals surface area contributed by atoms with Gasteiger partial charge in [0.15, 0.2) is 0 Å². The molecule has 0 atom stereocenters. The summed E-state index contributed by atoms with van der Waals surface area (Å²) in [4.78, 5) is 22.1. The zero-order chi connectivity index (χ0) is 16.4. The van der Waals surface area contributed by atoms with Crippen LogP contribution in [0.4, 0.5) is 0 Å². The summed E-state index contributed by atoms with van der Waals surface area (Å²) in [6.45, 7) is 5.23. The Balaban J connectivity index is 2.37. The number of ether oxygens (including phenoxy) is 1. The number of amides is 1. The molecular weight excluding hydrogens is 282 g/mol. The number of hydrogen-bond acceptors (Lipinski definition) is 3. The molecule has 0 saturated carbocycles. The van der Waals surface area contributed by atoms with E-state index in [2.05, 4.69) is 19.2 Å². The van der Waals surface area contributed by atoms with E-state index in [9.17, 15) is 9.59 Å². The van der Waals surface area contributed by atoms with Crippen molar-refractivity contribution in [1.82, 2.24) is 5.32 Å². The van der Waals surface area contributed by atoms with Crippen LogP contribution in [0.1, 0.15) is 45.1 Å². The number of benzene rings is 1. The van der Waals surface area contributed by atoms with E-state index in [1.807, 2.05) is 24.3 Å². The van der Waals surface area contributed by atoms with E-state index in [4.69, 9.17) is 9.84 Å². The number of carboxylic acids is 1. The molecule has 0 unspecified atom stereocenters. The molecule has 2 N–H and O–H groups in total. The number of para-hydroxylation sites is 1. The maximum Gasteiger partial charge on any atom is 0.303 e.